The van der Waals surface area contributed by atoms with Crippen LogP contribution in [0.15, 0.2) is 23.1 Å². The van der Waals surface area contributed by atoms with Gasteiger partial charge in [-0.25, -0.2) is 0 Å². The fourth-order valence-electron chi connectivity index (χ4n) is 2.28. The maximum Gasteiger partial charge on any atom is 0.102 e. The number of nitrogens with zero attached hydrogens (tertiary/aromatic N) is 1. The van der Waals surface area contributed by atoms with Gasteiger partial charge in [-0.15, -0.1) is 11.8 Å². The zero-order valence-electron chi connectivity index (χ0n) is 11.3. The van der Waals surface area contributed by atoms with Crippen LogP contribution in [0.1, 0.15) is 31.7 Å². The molecule has 1 aliphatic rings. The van der Waals surface area contributed by atoms with Gasteiger partial charge in [0, 0.05) is 18.0 Å². The molecule has 0 radical (unpaired) electrons. The maximum absolute atomic E-state index is 9.33. The van der Waals surface area contributed by atoms with Gasteiger partial charge in [0.1, 0.15) is 6.07 Å². The Labute approximate surface area is 119 Å². The molecule has 0 aliphatic heterocycles. The lowest BCUT2D eigenvalue weighted by molar-refractivity contribution is 0.253. The molecule has 0 bridgehead atoms. The predicted molar refractivity (Wildman–Crippen MR) is 79.4 cm³/mol. The van der Waals surface area contributed by atoms with Crippen molar-refractivity contribution in [2.75, 3.05) is 24.2 Å². The third kappa shape index (κ3) is 3.43. The van der Waals surface area contributed by atoms with Gasteiger partial charge in [-0.2, -0.15) is 5.26 Å². The number of aliphatic hydroxyl groups excluding tert-OH is 1. The summed E-state index contributed by atoms with van der Waals surface area (Å²) in [5.74, 6) is 0.965. The highest BCUT2D eigenvalue weighted by molar-refractivity contribution is 7.99. The van der Waals surface area contributed by atoms with Crippen molar-refractivity contribution in [3.63, 3.8) is 0 Å². The van der Waals surface area contributed by atoms with Crippen LogP contribution < -0.4 is 5.32 Å². The summed E-state index contributed by atoms with van der Waals surface area (Å²) in [6, 6.07) is 8.26. The summed E-state index contributed by atoms with van der Waals surface area (Å²) in [6.07, 6.45) is 3.20. The summed E-state index contributed by atoms with van der Waals surface area (Å²) in [5, 5.41) is 21.8. The van der Waals surface area contributed by atoms with E-state index in [9.17, 15) is 5.26 Å². The fourth-order valence-corrected chi connectivity index (χ4v) is 3.07. The van der Waals surface area contributed by atoms with Crippen molar-refractivity contribution < 1.29 is 5.11 Å². The molecule has 0 unspecified atom stereocenters. The minimum Gasteiger partial charge on any atom is -0.396 e. The van der Waals surface area contributed by atoms with E-state index in [1.54, 1.807) is 11.8 Å². The van der Waals surface area contributed by atoms with Gasteiger partial charge >= 0.3 is 0 Å². The highest BCUT2D eigenvalue weighted by Gasteiger charge is 2.41. The van der Waals surface area contributed by atoms with Gasteiger partial charge in [0.25, 0.3) is 0 Å². The van der Waals surface area contributed by atoms with E-state index in [0.717, 1.165) is 34.9 Å². The molecule has 0 heterocycles. The molecule has 1 fully saturated rings. The van der Waals surface area contributed by atoms with Crippen LogP contribution in [-0.4, -0.2) is 24.0 Å². The van der Waals surface area contributed by atoms with E-state index in [1.165, 1.54) is 12.8 Å². The number of anilines is 1. The number of thioether (sulfide) groups is 1. The lowest BCUT2D eigenvalue weighted by Gasteiger charge is -2.17. The second-order valence-corrected chi connectivity index (χ2v) is 6.36. The number of benzene rings is 1. The molecule has 0 amide bonds. The van der Waals surface area contributed by atoms with Crippen molar-refractivity contribution in [1.29, 1.82) is 5.26 Å². The summed E-state index contributed by atoms with van der Waals surface area (Å²) in [5.41, 5.74) is 1.93. The van der Waals surface area contributed by atoms with Gasteiger partial charge in [-0.1, -0.05) is 13.0 Å². The van der Waals surface area contributed by atoms with Crippen molar-refractivity contribution in [1.82, 2.24) is 0 Å². The van der Waals surface area contributed by atoms with Gasteiger partial charge < -0.3 is 10.4 Å². The Morgan fingerprint density at radius 3 is 2.84 bits per heavy atom. The molecule has 0 aromatic heterocycles. The summed E-state index contributed by atoms with van der Waals surface area (Å²) < 4.78 is 0. The minimum atomic E-state index is 0.249. The highest BCUT2D eigenvalue weighted by Crippen LogP contribution is 2.48. The van der Waals surface area contributed by atoms with Crippen LogP contribution in [0.5, 0.6) is 0 Å². The Kier molecular flexibility index (Phi) is 4.73. The predicted octanol–water partition coefficient (Wildman–Crippen LogP) is 3.24. The van der Waals surface area contributed by atoms with Gasteiger partial charge in [0.2, 0.25) is 0 Å². The first-order valence-corrected chi connectivity index (χ1v) is 7.74. The Hall–Kier alpha value is -1.18. The van der Waals surface area contributed by atoms with Crippen molar-refractivity contribution in [3.05, 3.63) is 23.8 Å². The zero-order chi connectivity index (χ0) is 13.7. The number of hydrogen-bond acceptors (Lipinski definition) is 4. The van der Waals surface area contributed by atoms with E-state index in [4.69, 9.17) is 5.11 Å². The smallest absolute Gasteiger partial charge is 0.102 e. The fraction of sp³-hybridized carbons (Fsp3) is 0.533. The average Bonchev–Trinajstić information content (AvgIpc) is 3.18. The van der Waals surface area contributed by atoms with Gasteiger partial charge in [0.05, 0.1) is 11.3 Å². The lowest BCUT2D eigenvalue weighted by atomic mass is 10.0. The van der Waals surface area contributed by atoms with Crippen molar-refractivity contribution >= 4 is 17.4 Å². The quantitative estimate of drug-likeness (QED) is 0.751. The minimum absolute atomic E-state index is 0.249. The number of nitrogens with one attached hydrogen (secondary N) is 1. The molecule has 102 valence electrons. The zero-order valence-corrected chi connectivity index (χ0v) is 12.1. The first-order valence-electron chi connectivity index (χ1n) is 6.75. The Morgan fingerprint density at radius 2 is 2.26 bits per heavy atom. The number of nitriles is 1. The van der Waals surface area contributed by atoms with Crippen LogP contribution in [0, 0.1) is 16.7 Å². The lowest BCUT2D eigenvalue weighted by Crippen LogP contribution is -2.17. The molecule has 1 aromatic rings. The summed E-state index contributed by atoms with van der Waals surface area (Å²) in [6.45, 7) is 3.19. The molecule has 0 saturated heterocycles. The second kappa shape index (κ2) is 6.31. The molecular weight excluding hydrogens is 256 g/mol. The standard InChI is InChI=1S/C15H20N2OS/c1-2-19-14-5-3-4-13(12(14)10-16)17-11-15(6-7-15)8-9-18/h3-5,17-18H,2,6-9,11H2,1H3. The van der Waals surface area contributed by atoms with E-state index in [1.807, 2.05) is 18.2 Å². The van der Waals surface area contributed by atoms with Crippen LogP contribution in [0.3, 0.4) is 0 Å². The largest absolute Gasteiger partial charge is 0.396 e. The number of hydrogen-bond donors (Lipinski definition) is 2. The van der Waals surface area contributed by atoms with Crippen molar-refractivity contribution in [2.24, 2.45) is 5.41 Å². The molecule has 19 heavy (non-hydrogen) atoms. The molecule has 1 saturated carbocycles. The van der Waals surface area contributed by atoms with Crippen LogP contribution >= 0.6 is 11.8 Å². The first-order chi connectivity index (χ1) is 9.24. The summed E-state index contributed by atoms with van der Waals surface area (Å²) >= 11 is 1.70. The Bertz CT molecular complexity index is 478. The molecule has 0 spiro atoms. The first kappa shape index (κ1) is 14.2. The second-order valence-electron chi connectivity index (χ2n) is 5.05. The van der Waals surface area contributed by atoms with E-state index in [2.05, 4.69) is 18.3 Å². The number of aliphatic hydroxyl groups is 1. The van der Waals surface area contributed by atoms with Crippen LogP contribution in [0.25, 0.3) is 0 Å². The van der Waals surface area contributed by atoms with Crippen molar-refractivity contribution in [2.45, 2.75) is 31.1 Å². The Morgan fingerprint density at radius 1 is 1.47 bits per heavy atom. The van der Waals surface area contributed by atoms with E-state index in [0.29, 0.717) is 0 Å². The summed E-state index contributed by atoms with van der Waals surface area (Å²) in [7, 11) is 0. The molecule has 1 aromatic carbocycles. The van der Waals surface area contributed by atoms with Crippen LogP contribution in [0.2, 0.25) is 0 Å². The molecular formula is C15H20N2OS. The van der Waals surface area contributed by atoms with Gasteiger partial charge in [-0.05, 0) is 42.6 Å². The maximum atomic E-state index is 9.33. The summed E-state index contributed by atoms with van der Waals surface area (Å²) in [4.78, 5) is 1.04. The Balaban J connectivity index is 2.08. The third-order valence-corrected chi connectivity index (χ3v) is 4.63. The van der Waals surface area contributed by atoms with E-state index in [-0.39, 0.29) is 12.0 Å². The number of rotatable bonds is 7. The third-order valence-electron chi connectivity index (χ3n) is 3.69. The van der Waals surface area contributed by atoms with Crippen molar-refractivity contribution in [3.8, 4) is 6.07 Å². The molecule has 3 nitrogen and oxygen atoms in total. The molecule has 2 rings (SSSR count). The molecule has 2 N–H and O–H groups in total. The van der Waals surface area contributed by atoms with E-state index < -0.39 is 0 Å². The molecule has 0 atom stereocenters. The average molecular weight is 276 g/mol. The SMILES string of the molecule is CCSc1cccc(NCC2(CCO)CC2)c1C#N. The van der Waals surface area contributed by atoms with Crippen LogP contribution in [-0.2, 0) is 0 Å². The normalized spacial score (nSPS) is 15.8. The highest BCUT2D eigenvalue weighted by atomic mass is 32.2. The van der Waals surface area contributed by atoms with Gasteiger partial charge in [-0.3, -0.25) is 0 Å². The molecule has 4 heteroatoms. The van der Waals surface area contributed by atoms with Crippen LogP contribution in [0.4, 0.5) is 5.69 Å². The molecule has 1 aliphatic carbocycles. The monoisotopic (exact) mass is 276 g/mol. The topological polar surface area (TPSA) is 56.0 Å². The van der Waals surface area contributed by atoms with Gasteiger partial charge in [0.15, 0.2) is 0 Å². The van der Waals surface area contributed by atoms with E-state index >= 15 is 0 Å².